The van der Waals surface area contributed by atoms with E-state index in [1.165, 1.54) is 19.3 Å². The van der Waals surface area contributed by atoms with E-state index in [-0.39, 0.29) is 23.3 Å². The maximum Gasteiger partial charge on any atom is 0.220 e. The van der Waals surface area contributed by atoms with E-state index >= 15 is 0 Å². The van der Waals surface area contributed by atoms with Crippen molar-refractivity contribution < 1.29 is 9.90 Å². The van der Waals surface area contributed by atoms with Gasteiger partial charge in [0.05, 0.1) is 0 Å². The van der Waals surface area contributed by atoms with Crippen LogP contribution in [0.2, 0.25) is 0 Å². The summed E-state index contributed by atoms with van der Waals surface area (Å²) in [5.74, 6) is 0.0730. The van der Waals surface area contributed by atoms with E-state index in [1.807, 2.05) is 13.8 Å². The van der Waals surface area contributed by atoms with E-state index in [4.69, 9.17) is 10.8 Å². The molecule has 1 aliphatic rings. The van der Waals surface area contributed by atoms with Crippen LogP contribution < -0.4 is 11.1 Å². The first kappa shape index (κ1) is 15.4. The highest BCUT2D eigenvalue weighted by atomic mass is 16.3. The molecule has 4 heteroatoms. The number of rotatable bonds is 6. The van der Waals surface area contributed by atoms with Crippen LogP contribution in [0.3, 0.4) is 0 Å². The molecule has 0 atom stereocenters. The average molecular weight is 256 g/mol. The highest BCUT2D eigenvalue weighted by molar-refractivity contribution is 5.76. The van der Waals surface area contributed by atoms with Crippen LogP contribution in [0.4, 0.5) is 0 Å². The summed E-state index contributed by atoms with van der Waals surface area (Å²) in [5, 5.41) is 12.1. The molecule has 0 spiro atoms. The first-order valence-corrected chi connectivity index (χ1v) is 7.01. The van der Waals surface area contributed by atoms with Gasteiger partial charge in [-0.1, -0.05) is 33.1 Å². The molecular formula is C14H28N2O2. The lowest BCUT2D eigenvalue weighted by Gasteiger charge is -2.36. The lowest BCUT2D eigenvalue weighted by atomic mass is 9.71. The molecule has 0 unspecified atom stereocenters. The Morgan fingerprint density at radius 3 is 2.44 bits per heavy atom. The van der Waals surface area contributed by atoms with Crippen molar-refractivity contribution in [3.05, 3.63) is 0 Å². The minimum atomic E-state index is -0.252. The molecule has 106 valence electrons. The molecule has 4 nitrogen and oxygen atoms in total. The van der Waals surface area contributed by atoms with Crippen molar-refractivity contribution in [2.75, 3.05) is 19.7 Å². The van der Waals surface area contributed by atoms with Crippen LogP contribution in [0.1, 0.15) is 52.4 Å². The Balaban J connectivity index is 2.42. The maximum atomic E-state index is 12.0. The van der Waals surface area contributed by atoms with Gasteiger partial charge in [-0.25, -0.2) is 0 Å². The van der Waals surface area contributed by atoms with Gasteiger partial charge in [0.2, 0.25) is 5.91 Å². The zero-order valence-corrected chi connectivity index (χ0v) is 11.8. The Kier molecular flexibility index (Phi) is 5.60. The van der Waals surface area contributed by atoms with E-state index in [9.17, 15) is 4.79 Å². The fraction of sp³-hybridized carbons (Fsp3) is 0.929. The van der Waals surface area contributed by atoms with Gasteiger partial charge in [-0.05, 0) is 24.8 Å². The number of hydrogen-bond acceptors (Lipinski definition) is 3. The molecule has 0 radical (unpaired) electrons. The molecule has 1 amide bonds. The van der Waals surface area contributed by atoms with Crippen LogP contribution in [-0.2, 0) is 4.79 Å². The molecule has 0 aromatic rings. The van der Waals surface area contributed by atoms with Crippen molar-refractivity contribution in [3.8, 4) is 0 Å². The summed E-state index contributed by atoms with van der Waals surface area (Å²) in [4.78, 5) is 12.0. The van der Waals surface area contributed by atoms with Crippen LogP contribution in [0, 0.1) is 10.8 Å². The largest absolute Gasteiger partial charge is 0.396 e. The Bertz CT molecular complexity index is 271. The molecule has 0 aromatic heterocycles. The maximum absolute atomic E-state index is 12.0. The predicted octanol–water partition coefficient (Wildman–Crippen LogP) is 1.42. The standard InChI is InChI=1S/C14H28N2O2/c1-13(2,11-17)10-16-12(18)8-14(9-15)6-4-3-5-7-14/h17H,3-11,15H2,1-2H3,(H,16,18). The van der Waals surface area contributed by atoms with Crippen molar-refractivity contribution in [1.29, 1.82) is 0 Å². The normalized spacial score (nSPS) is 19.6. The second kappa shape index (κ2) is 6.53. The van der Waals surface area contributed by atoms with Crippen LogP contribution >= 0.6 is 0 Å². The van der Waals surface area contributed by atoms with Gasteiger partial charge < -0.3 is 16.2 Å². The van der Waals surface area contributed by atoms with Gasteiger partial charge in [-0.15, -0.1) is 0 Å². The number of aliphatic hydroxyl groups excluding tert-OH is 1. The molecule has 0 aromatic carbocycles. The average Bonchev–Trinajstić information content (AvgIpc) is 2.38. The summed E-state index contributed by atoms with van der Waals surface area (Å²) in [6.45, 7) is 5.07. The molecule has 0 bridgehead atoms. The molecule has 4 N–H and O–H groups in total. The third-order valence-corrected chi connectivity index (χ3v) is 4.07. The van der Waals surface area contributed by atoms with Crippen molar-refractivity contribution in [2.45, 2.75) is 52.4 Å². The summed E-state index contributed by atoms with van der Waals surface area (Å²) >= 11 is 0. The zero-order valence-electron chi connectivity index (χ0n) is 11.8. The lowest BCUT2D eigenvalue weighted by molar-refractivity contribution is -0.124. The second-order valence-corrected chi connectivity index (χ2v) is 6.54. The smallest absolute Gasteiger partial charge is 0.220 e. The fourth-order valence-corrected chi connectivity index (χ4v) is 2.55. The summed E-state index contributed by atoms with van der Waals surface area (Å²) in [6, 6.07) is 0. The molecule has 1 aliphatic carbocycles. The number of aliphatic hydroxyl groups is 1. The highest BCUT2D eigenvalue weighted by Gasteiger charge is 2.33. The van der Waals surface area contributed by atoms with E-state index in [0.29, 0.717) is 19.5 Å². The van der Waals surface area contributed by atoms with Gasteiger partial charge in [0, 0.05) is 25.0 Å². The fourth-order valence-electron chi connectivity index (χ4n) is 2.55. The molecule has 1 saturated carbocycles. The van der Waals surface area contributed by atoms with Crippen molar-refractivity contribution in [1.82, 2.24) is 5.32 Å². The number of carbonyl (C=O) groups excluding carboxylic acids is 1. The number of nitrogens with two attached hydrogens (primary N) is 1. The van der Waals surface area contributed by atoms with Gasteiger partial charge >= 0.3 is 0 Å². The van der Waals surface area contributed by atoms with Crippen LogP contribution in [0.25, 0.3) is 0 Å². The topological polar surface area (TPSA) is 75.3 Å². The number of nitrogens with one attached hydrogen (secondary N) is 1. The first-order valence-electron chi connectivity index (χ1n) is 7.01. The van der Waals surface area contributed by atoms with Gasteiger partial charge in [-0.3, -0.25) is 4.79 Å². The Hall–Kier alpha value is -0.610. The SMILES string of the molecule is CC(C)(CO)CNC(=O)CC1(CN)CCCCC1. The van der Waals surface area contributed by atoms with E-state index < -0.39 is 0 Å². The van der Waals surface area contributed by atoms with E-state index in [0.717, 1.165) is 12.8 Å². The minimum Gasteiger partial charge on any atom is -0.396 e. The summed E-state index contributed by atoms with van der Waals surface area (Å²) < 4.78 is 0. The minimum absolute atomic E-state index is 0.0195. The van der Waals surface area contributed by atoms with E-state index in [1.54, 1.807) is 0 Å². The molecule has 0 aliphatic heterocycles. The molecular weight excluding hydrogens is 228 g/mol. The van der Waals surface area contributed by atoms with Gasteiger partial charge in [0.1, 0.15) is 0 Å². The Morgan fingerprint density at radius 1 is 1.33 bits per heavy atom. The van der Waals surface area contributed by atoms with Gasteiger partial charge in [-0.2, -0.15) is 0 Å². The van der Waals surface area contributed by atoms with Crippen LogP contribution in [0.15, 0.2) is 0 Å². The molecule has 1 fully saturated rings. The second-order valence-electron chi connectivity index (χ2n) is 6.54. The van der Waals surface area contributed by atoms with Crippen molar-refractivity contribution in [2.24, 2.45) is 16.6 Å². The molecule has 18 heavy (non-hydrogen) atoms. The third-order valence-electron chi connectivity index (χ3n) is 4.07. The Morgan fingerprint density at radius 2 is 1.94 bits per heavy atom. The van der Waals surface area contributed by atoms with Gasteiger partial charge in [0.25, 0.3) is 0 Å². The predicted molar refractivity (Wildman–Crippen MR) is 73.1 cm³/mol. The number of hydrogen-bond donors (Lipinski definition) is 3. The quantitative estimate of drug-likeness (QED) is 0.673. The Labute approximate surface area is 110 Å². The highest BCUT2D eigenvalue weighted by Crippen LogP contribution is 2.38. The number of amides is 1. The summed E-state index contributed by atoms with van der Waals surface area (Å²) in [5.41, 5.74) is 5.64. The molecule has 0 saturated heterocycles. The molecule has 0 heterocycles. The van der Waals surface area contributed by atoms with Gasteiger partial charge in [0.15, 0.2) is 0 Å². The van der Waals surface area contributed by atoms with Crippen molar-refractivity contribution in [3.63, 3.8) is 0 Å². The van der Waals surface area contributed by atoms with Crippen LogP contribution in [-0.4, -0.2) is 30.7 Å². The summed E-state index contributed by atoms with van der Waals surface area (Å²) in [7, 11) is 0. The van der Waals surface area contributed by atoms with E-state index in [2.05, 4.69) is 5.32 Å². The third kappa shape index (κ3) is 4.58. The van der Waals surface area contributed by atoms with Crippen LogP contribution in [0.5, 0.6) is 0 Å². The lowest BCUT2D eigenvalue weighted by Crippen LogP contribution is -2.41. The van der Waals surface area contributed by atoms with Crippen molar-refractivity contribution >= 4 is 5.91 Å². The number of carbonyl (C=O) groups is 1. The monoisotopic (exact) mass is 256 g/mol. The molecule has 1 rings (SSSR count). The first-order chi connectivity index (χ1) is 8.43. The zero-order chi connectivity index (χ0) is 13.6. The summed E-state index contributed by atoms with van der Waals surface area (Å²) in [6.07, 6.45) is 6.31.